The van der Waals surface area contributed by atoms with E-state index in [-0.39, 0.29) is 0 Å². The Morgan fingerprint density at radius 1 is 1.06 bits per heavy atom. The van der Waals surface area contributed by atoms with Gasteiger partial charge < -0.3 is 24.3 Å². The van der Waals surface area contributed by atoms with E-state index in [4.69, 9.17) is 14.1 Å². The van der Waals surface area contributed by atoms with Gasteiger partial charge in [-0.25, -0.2) is 0 Å². The van der Waals surface area contributed by atoms with E-state index in [2.05, 4.69) is 20.0 Å². The van der Waals surface area contributed by atoms with Crippen LogP contribution in [0.5, 0.6) is 0 Å². The molecule has 1 unspecified atom stereocenters. The van der Waals surface area contributed by atoms with Crippen molar-refractivity contribution in [2.45, 2.75) is 38.5 Å². The van der Waals surface area contributed by atoms with Crippen LogP contribution in [0.1, 0.15) is 37.9 Å². The largest absolute Gasteiger partial charge is 0.469 e. The SMILES string of the molecule is c1coc(CCNC(=NCCCN2CCOCC2)N2CCC(CN3CCCCC3)C2)c1. The van der Waals surface area contributed by atoms with Crippen LogP contribution in [-0.4, -0.2) is 99.3 Å². The Kier molecular flexibility index (Phi) is 9.09. The van der Waals surface area contributed by atoms with Crippen LogP contribution < -0.4 is 5.32 Å². The zero-order valence-corrected chi connectivity index (χ0v) is 19.1. The number of hydrogen-bond donors (Lipinski definition) is 1. The van der Waals surface area contributed by atoms with Gasteiger partial charge in [0.1, 0.15) is 5.76 Å². The molecule has 0 aromatic carbocycles. The Morgan fingerprint density at radius 3 is 2.74 bits per heavy atom. The predicted molar refractivity (Wildman–Crippen MR) is 125 cm³/mol. The molecule has 3 fully saturated rings. The molecule has 31 heavy (non-hydrogen) atoms. The lowest BCUT2D eigenvalue weighted by Gasteiger charge is -2.29. The fraction of sp³-hybridized carbons (Fsp3) is 0.792. The molecule has 4 rings (SSSR count). The second-order valence-corrected chi connectivity index (χ2v) is 9.23. The molecule has 174 valence electrons. The van der Waals surface area contributed by atoms with E-state index in [1.807, 2.05) is 12.1 Å². The van der Waals surface area contributed by atoms with Crippen molar-refractivity contribution >= 4 is 5.96 Å². The minimum absolute atomic E-state index is 0.767. The third-order valence-electron chi connectivity index (χ3n) is 6.78. The highest BCUT2D eigenvalue weighted by atomic mass is 16.5. The number of nitrogens with zero attached hydrogens (tertiary/aromatic N) is 4. The van der Waals surface area contributed by atoms with Gasteiger partial charge in [0.05, 0.1) is 19.5 Å². The van der Waals surface area contributed by atoms with E-state index in [0.717, 1.165) is 89.5 Å². The maximum atomic E-state index is 5.49. The molecular weight excluding hydrogens is 390 g/mol. The first-order valence-corrected chi connectivity index (χ1v) is 12.4. The summed E-state index contributed by atoms with van der Waals surface area (Å²) in [7, 11) is 0. The molecule has 3 aliphatic rings. The molecule has 4 heterocycles. The van der Waals surface area contributed by atoms with Crippen molar-refractivity contribution in [2.24, 2.45) is 10.9 Å². The lowest BCUT2D eigenvalue weighted by Crippen LogP contribution is -2.42. The Morgan fingerprint density at radius 2 is 1.94 bits per heavy atom. The highest BCUT2D eigenvalue weighted by Gasteiger charge is 2.27. The molecule has 0 radical (unpaired) electrons. The first-order chi connectivity index (χ1) is 15.4. The number of piperidine rings is 1. The lowest BCUT2D eigenvalue weighted by atomic mass is 10.1. The summed E-state index contributed by atoms with van der Waals surface area (Å²) >= 11 is 0. The number of rotatable bonds is 9. The van der Waals surface area contributed by atoms with Crippen molar-refractivity contribution in [3.05, 3.63) is 24.2 Å². The molecule has 1 aromatic heterocycles. The fourth-order valence-corrected chi connectivity index (χ4v) is 5.01. The molecule has 7 heteroatoms. The molecular formula is C24H41N5O2. The first-order valence-electron chi connectivity index (χ1n) is 12.4. The van der Waals surface area contributed by atoms with Crippen LogP contribution in [-0.2, 0) is 11.2 Å². The number of nitrogens with one attached hydrogen (secondary N) is 1. The van der Waals surface area contributed by atoms with Crippen molar-refractivity contribution < 1.29 is 9.15 Å². The van der Waals surface area contributed by atoms with Crippen molar-refractivity contribution in [3.63, 3.8) is 0 Å². The minimum atomic E-state index is 0.767. The highest BCUT2D eigenvalue weighted by molar-refractivity contribution is 5.80. The van der Waals surface area contributed by atoms with Gasteiger partial charge in [-0.1, -0.05) is 6.42 Å². The molecule has 0 bridgehead atoms. The topological polar surface area (TPSA) is 56.5 Å². The van der Waals surface area contributed by atoms with Gasteiger partial charge in [0.2, 0.25) is 0 Å². The van der Waals surface area contributed by atoms with Gasteiger partial charge in [-0.15, -0.1) is 0 Å². The first kappa shape index (κ1) is 22.6. The zero-order chi connectivity index (χ0) is 21.1. The number of likely N-dealkylation sites (tertiary alicyclic amines) is 2. The maximum Gasteiger partial charge on any atom is 0.193 e. The second kappa shape index (κ2) is 12.5. The van der Waals surface area contributed by atoms with Crippen LogP contribution in [0.3, 0.4) is 0 Å². The molecule has 1 atom stereocenters. The molecule has 0 amide bonds. The third kappa shape index (κ3) is 7.51. The van der Waals surface area contributed by atoms with E-state index < -0.39 is 0 Å². The summed E-state index contributed by atoms with van der Waals surface area (Å²) in [4.78, 5) is 12.7. The Labute approximate surface area is 187 Å². The van der Waals surface area contributed by atoms with Crippen molar-refractivity contribution in [1.82, 2.24) is 20.0 Å². The molecule has 7 nitrogen and oxygen atoms in total. The van der Waals surface area contributed by atoms with Crippen LogP contribution in [0.4, 0.5) is 0 Å². The third-order valence-corrected chi connectivity index (χ3v) is 6.78. The standard InChI is InChI=1S/C24H41N5O2/c1-2-11-28(12-3-1)20-22-8-14-29(21-22)24(26-10-7-23-6-4-17-31-23)25-9-5-13-27-15-18-30-19-16-27/h4,6,17,22H,1-3,5,7-16,18-21H2,(H,25,26). The summed E-state index contributed by atoms with van der Waals surface area (Å²) in [5.41, 5.74) is 0. The Hall–Kier alpha value is -1.57. The number of aliphatic imine (C=N–C) groups is 1. The zero-order valence-electron chi connectivity index (χ0n) is 19.1. The van der Waals surface area contributed by atoms with Gasteiger partial charge >= 0.3 is 0 Å². The monoisotopic (exact) mass is 431 g/mol. The van der Waals surface area contributed by atoms with Gasteiger partial charge in [-0.05, 0) is 56.8 Å². The van der Waals surface area contributed by atoms with Crippen LogP contribution in [0, 0.1) is 5.92 Å². The number of guanidine groups is 1. The smallest absolute Gasteiger partial charge is 0.193 e. The summed E-state index contributed by atoms with van der Waals surface area (Å²) in [6.07, 6.45) is 9.19. The van der Waals surface area contributed by atoms with E-state index >= 15 is 0 Å². The Balaban J connectivity index is 1.25. The van der Waals surface area contributed by atoms with Crippen LogP contribution in [0.25, 0.3) is 0 Å². The van der Waals surface area contributed by atoms with Gasteiger partial charge in [-0.2, -0.15) is 0 Å². The summed E-state index contributed by atoms with van der Waals surface area (Å²) in [6.45, 7) is 12.8. The Bertz CT molecular complexity index is 638. The quantitative estimate of drug-likeness (QED) is 0.368. The summed E-state index contributed by atoms with van der Waals surface area (Å²) in [6, 6.07) is 4.01. The molecule has 0 aliphatic carbocycles. The van der Waals surface area contributed by atoms with E-state index in [0.29, 0.717) is 0 Å². The summed E-state index contributed by atoms with van der Waals surface area (Å²) in [5.74, 6) is 2.89. The molecule has 3 aliphatic heterocycles. The molecule has 3 saturated heterocycles. The van der Waals surface area contributed by atoms with Crippen LogP contribution in [0.15, 0.2) is 27.8 Å². The normalized spacial score (nSPS) is 24.1. The van der Waals surface area contributed by atoms with Gasteiger partial charge in [0.25, 0.3) is 0 Å². The van der Waals surface area contributed by atoms with Crippen LogP contribution >= 0.6 is 0 Å². The van der Waals surface area contributed by atoms with Gasteiger partial charge in [0.15, 0.2) is 5.96 Å². The van der Waals surface area contributed by atoms with E-state index in [1.165, 1.54) is 45.3 Å². The molecule has 1 N–H and O–H groups in total. The number of morpholine rings is 1. The van der Waals surface area contributed by atoms with Gasteiger partial charge in [0, 0.05) is 58.8 Å². The van der Waals surface area contributed by atoms with Gasteiger partial charge in [-0.3, -0.25) is 9.89 Å². The van der Waals surface area contributed by atoms with Crippen molar-refractivity contribution in [3.8, 4) is 0 Å². The number of hydrogen-bond acceptors (Lipinski definition) is 5. The predicted octanol–water partition coefficient (Wildman–Crippen LogP) is 2.30. The summed E-state index contributed by atoms with van der Waals surface area (Å²) < 4.78 is 10.9. The average Bonchev–Trinajstić information content (AvgIpc) is 3.49. The number of furan rings is 1. The minimum Gasteiger partial charge on any atom is -0.469 e. The highest BCUT2D eigenvalue weighted by Crippen LogP contribution is 2.20. The average molecular weight is 432 g/mol. The molecule has 0 spiro atoms. The molecule has 0 saturated carbocycles. The van der Waals surface area contributed by atoms with E-state index in [9.17, 15) is 0 Å². The second-order valence-electron chi connectivity index (χ2n) is 9.23. The molecule has 1 aromatic rings. The van der Waals surface area contributed by atoms with E-state index in [1.54, 1.807) is 6.26 Å². The number of ether oxygens (including phenoxy) is 1. The van der Waals surface area contributed by atoms with Crippen LogP contribution in [0.2, 0.25) is 0 Å². The maximum absolute atomic E-state index is 5.49. The van der Waals surface area contributed by atoms with Crippen molar-refractivity contribution in [1.29, 1.82) is 0 Å². The lowest BCUT2D eigenvalue weighted by molar-refractivity contribution is 0.0377. The fourth-order valence-electron chi connectivity index (χ4n) is 5.01. The summed E-state index contributed by atoms with van der Waals surface area (Å²) in [5, 5.41) is 3.63. The van der Waals surface area contributed by atoms with Crippen molar-refractivity contribution in [2.75, 3.05) is 78.7 Å².